The van der Waals surface area contributed by atoms with Crippen LogP contribution >= 0.6 is 0 Å². The Bertz CT molecular complexity index is 634. The van der Waals surface area contributed by atoms with Gasteiger partial charge in [0.15, 0.2) is 5.82 Å². The van der Waals surface area contributed by atoms with Gasteiger partial charge >= 0.3 is 0 Å². The third-order valence-corrected chi connectivity index (χ3v) is 4.20. The van der Waals surface area contributed by atoms with Crippen LogP contribution in [-0.2, 0) is 17.6 Å². The van der Waals surface area contributed by atoms with Gasteiger partial charge in [0.05, 0.1) is 5.69 Å². The second-order valence-corrected chi connectivity index (χ2v) is 5.79. The zero-order valence-electron chi connectivity index (χ0n) is 13.4. The Morgan fingerprint density at radius 1 is 1.13 bits per heavy atom. The number of aryl methyl sites for hydroxylation is 2. The summed E-state index contributed by atoms with van der Waals surface area (Å²) in [5.41, 5.74) is 2.26. The van der Waals surface area contributed by atoms with Gasteiger partial charge in [-0.15, -0.1) is 5.10 Å². The number of amides is 1. The van der Waals surface area contributed by atoms with Gasteiger partial charge in [0.2, 0.25) is 5.91 Å². The van der Waals surface area contributed by atoms with Crippen molar-refractivity contribution in [2.24, 2.45) is 0 Å². The fourth-order valence-corrected chi connectivity index (χ4v) is 2.76. The van der Waals surface area contributed by atoms with E-state index in [4.69, 9.17) is 0 Å². The standard InChI is InChI=1S/C18H21N4O/c1-15(23)21-11-13-22(14-12-21)18-10-9-17(19-20-18)8-7-16-5-3-2-4-6-16/h2-3,5-6,9-10H,7-8,11-14H2,1H3. The molecule has 1 radical (unpaired) electrons. The summed E-state index contributed by atoms with van der Waals surface area (Å²) in [6.07, 6.45) is 1.83. The molecule has 1 aliphatic heterocycles. The first-order valence-corrected chi connectivity index (χ1v) is 8.00. The molecule has 5 heteroatoms. The topological polar surface area (TPSA) is 49.3 Å². The third-order valence-electron chi connectivity index (χ3n) is 4.20. The van der Waals surface area contributed by atoms with Crippen molar-refractivity contribution in [2.45, 2.75) is 19.8 Å². The van der Waals surface area contributed by atoms with Crippen LogP contribution in [0.5, 0.6) is 0 Å². The molecule has 0 aliphatic carbocycles. The number of hydrogen-bond donors (Lipinski definition) is 0. The number of anilines is 1. The molecule has 23 heavy (non-hydrogen) atoms. The number of carbonyl (C=O) groups is 1. The van der Waals surface area contributed by atoms with E-state index < -0.39 is 0 Å². The van der Waals surface area contributed by atoms with Crippen LogP contribution in [0.3, 0.4) is 0 Å². The number of aromatic nitrogens is 2. The molecule has 1 fully saturated rings. The zero-order valence-corrected chi connectivity index (χ0v) is 13.4. The van der Waals surface area contributed by atoms with Crippen molar-refractivity contribution in [2.75, 3.05) is 31.1 Å². The highest BCUT2D eigenvalue weighted by molar-refractivity contribution is 5.73. The Balaban J connectivity index is 1.54. The maximum absolute atomic E-state index is 11.4. The van der Waals surface area contributed by atoms with Crippen LogP contribution in [0.25, 0.3) is 0 Å². The Labute approximate surface area is 136 Å². The van der Waals surface area contributed by atoms with Crippen molar-refractivity contribution in [3.8, 4) is 0 Å². The quantitative estimate of drug-likeness (QED) is 0.863. The van der Waals surface area contributed by atoms with Crippen molar-refractivity contribution in [3.05, 3.63) is 53.7 Å². The molecular formula is C18H21N4O. The molecule has 1 aromatic heterocycles. The van der Waals surface area contributed by atoms with Crippen LogP contribution in [0.4, 0.5) is 5.82 Å². The lowest BCUT2D eigenvalue weighted by molar-refractivity contribution is -0.129. The average molecular weight is 309 g/mol. The van der Waals surface area contributed by atoms with Gasteiger partial charge in [0.25, 0.3) is 0 Å². The molecule has 0 spiro atoms. The lowest BCUT2D eigenvalue weighted by Gasteiger charge is -2.34. The molecule has 2 aromatic rings. The summed E-state index contributed by atoms with van der Waals surface area (Å²) >= 11 is 0. The molecule has 0 N–H and O–H groups in total. The van der Waals surface area contributed by atoms with Gasteiger partial charge in [-0.25, -0.2) is 0 Å². The monoisotopic (exact) mass is 309 g/mol. The lowest BCUT2D eigenvalue weighted by Crippen LogP contribution is -2.48. The van der Waals surface area contributed by atoms with Crippen LogP contribution in [0.15, 0.2) is 36.4 Å². The highest BCUT2D eigenvalue weighted by Crippen LogP contribution is 2.13. The first kappa shape index (κ1) is 15.5. The SMILES string of the molecule is CC(=O)N1CCN(c2ccc(CCc3c[c]ccc3)nn2)CC1. The average Bonchev–Trinajstić information content (AvgIpc) is 2.61. The molecule has 1 saturated heterocycles. The lowest BCUT2D eigenvalue weighted by atomic mass is 10.1. The summed E-state index contributed by atoms with van der Waals surface area (Å²) < 4.78 is 0. The normalized spacial score (nSPS) is 14.8. The zero-order chi connectivity index (χ0) is 16.1. The van der Waals surface area contributed by atoms with E-state index >= 15 is 0 Å². The summed E-state index contributed by atoms with van der Waals surface area (Å²) in [5, 5.41) is 8.69. The number of hydrogen-bond acceptors (Lipinski definition) is 4. The summed E-state index contributed by atoms with van der Waals surface area (Å²) in [6.45, 7) is 4.75. The molecule has 0 unspecified atom stereocenters. The number of benzene rings is 1. The van der Waals surface area contributed by atoms with Crippen molar-refractivity contribution in [1.82, 2.24) is 15.1 Å². The second kappa shape index (κ2) is 7.22. The molecule has 0 bridgehead atoms. The van der Waals surface area contributed by atoms with Crippen molar-refractivity contribution in [3.63, 3.8) is 0 Å². The summed E-state index contributed by atoms with van der Waals surface area (Å²) in [5.74, 6) is 1.04. The molecule has 1 amide bonds. The number of nitrogens with zero attached hydrogens (tertiary/aromatic N) is 4. The number of rotatable bonds is 4. The minimum Gasteiger partial charge on any atom is -0.352 e. The van der Waals surface area contributed by atoms with Gasteiger partial charge in [-0.05, 0) is 36.6 Å². The summed E-state index contributed by atoms with van der Waals surface area (Å²) in [4.78, 5) is 15.4. The Kier molecular flexibility index (Phi) is 4.86. The van der Waals surface area contributed by atoms with E-state index in [-0.39, 0.29) is 5.91 Å². The molecule has 3 rings (SSSR count). The van der Waals surface area contributed by atoms with E-state index in [1.807, 2.05) is 35.2 Å². The molecule has 0 saturated carbocycles. The van der Waals surface area contributed by atoms with E-state index in [2.05, 4.69) is 27.2 Å². The summed E-state index contributed by atoms with van der Waals surface area (Å²) in [6, 6.07) is 15.2. The van der Waals surface area contributed by atoms with E-state index in [1.54, 1.807) is 6.92 Å². The molecule has 119 valence electrons. The minimum absolute atomic E-state index is 0.143. The molecule has 1 aromatic carbocycles. The Morgan fingerprint density at radius 2 is 1.96 bits per heavy atom. The summed E-state index contributed by atoms with van der Waals surface area (Å²) in [7, 11) is 0. The van der Waals surface area contributed by atoms with Crippen LogP contribution < -0.4 is 4.90 Å². The minimum atomic E-state index is 0.143. The molecule has 5 nitrogen and oxygen atoms in total. The van der Waals surface area contributed by atoms with Crippen molar-refractivity contribution >= 4 is 11.7 Å². The maximum atomic E-state index is 11.4. The fraction of sp³-hybridized carbons (Fsp3) is 0.389. The first-order chi connectivity index (χ1) is 11.2. The van der Waals surface area contributed by atoms with E-state index in [0.29, 0.717) is 0 Å². The van der Waals surface area contributed by atoms with Crippen LogP contribution in [0.1, 0.15) is 18.2 Å². The van der Waals surface area contributed by atoms with Gasteiger partial charge < -0.3 is 9.80 Å². The van der Waals surface area contributed by atoms with Crippen LogP contribution in [-0.4, -0.2) is 47.2 Å². The van der Waals surface area contributed by atoms with E-state index in [0.717, 1.165) is 50.5 Å². The predicted molar refractivity (Wildman–Crippen MR) is 89.2 cm³/mol. The van der Waals surface area contributed by atoms with Crippen molar-refractivity contribution in [1.29, 1.82) is 0 Å². The van der Waals surface area contributed by atoms with E-state index in [9.17, 15) is 4.79 Å². The van der Waals surface area contributed by atoms with E-state index in [1.165, 1.54) is 5.56 Å². The highest BCUT2D eigenvalue weighted by Gasteiger charge is 2.19. The van der Waals surface area contributed by atoms with Crippen molar-refractivity contribution < 1.29 is 4.79 Å². The molecular weight excluding hydrogens is 288 g/mol. The molecule has 0 atom stereocenters. The fourth-order valence-electron chi connectivity index (χ4n) is 2.76. The predicted octanol–water partition coefficient (Wildman–Crippen LogP) is 1.73. The Hall–Kier alpha value is -2.43. The first-order valence-electron chi connectivity index (χ1n) is 8.00. The van der Waals surface area contributed by atoms with Gasteiger partial charge in [0, 0.05) is 33.1 Å². The maximum Gasteiger partial charge on any atom is 0.219 e. The van der Waals surface area contributed by atoms with Gasteiger partial charge in [-0.2, -0.15) is 5.10 Å². The largest absolute Gasteiger partial charge is 0.352 e. The number of carbonyl (C=O) groups excluding carboxylic acids is 1. The smallest absolute Gasteiger partial charge is 0.219 e. The van der Waals surface area contributed by atoms with Crippen LogP contribution in [0, 0.1) is 6.07 Å². The van der Waals surface area contributed by atoms with Gasteiger partial charge in [-0.3, -0.25) is 4.79 Å². The molecule has 1 aliphatic rings. The van der Waals surface area contributed by atoms with Gasteiger partial charge in [0.1, 0.15) is 0 Å². The second-order valence-electron chi connectivity index (χ2n) is 5.79. The number of piperazine rings is 1. The van der Waals surface area contributed by atoms with Crippen LogP contribution in [0.2, 0.25) is 0 Å². The molecule has 2 heterocycles. The third kappa shape index (κ3) is 4.06. The van der Waals surface area contributed by atoms with Gasteiger partial charge in [-0.1, -0.05) is 24.3 Å². The Morgan fingerprint density at radius 3 is 2.57 bits per heavy atom. The highest BCUT2D eigenvalue weighted by atomic mass is 16.2.